The Morgan fingerprint density at radius 2 is 1.52 bits per heavy atom. The third kappa shape index (κ3) is 4.14. The minimum atomic E-state index is -0.657. The smallest absolute Gasteiger partial charge is 0.318 e. The molecule has 0 radical (unpaired) electrons. The normalized spacial score (nSPS) is 21.6. The first-order chi connectivity index (χ1) is 14.2. The van der Waals surface area contributed by atoms with E-state index in [1.54, 1.807) is 0 Å². The number of carbonyl (C=O) groups excluding carboxylic acids is 2. The SMILES string of the molecule is O=C(NCc1ccccc1)N1CCCC12CCCN(CCc1ccccc1)C2=O. The van der Waals surface area contributed by atoms with E-state index in [9.17, 15) is 9.59 Å². The van der Waals surface area contributed by atoms with E-state index < -0.39 is 5.54 Å². The fourth-order valence-electron chi connectivity index (χ4n) is 4.71. The minimum absolute atomic E-state index is 0.121. The monoisotopic (exact) mass is 391 g/mol. The number of carbonyl (C=O) groups is 2. The molecule has 0 saturated carbocycles. The standard InChI is InChI=1S/C24H29N3O2/c28-22-24(14-7-16-26(22)18-13-20-9-3-1-4-10-20)15-8-17-27(24)23(29)25-19-21-11-5-2-6-12-21/h1-6,9-12H,7-8,13-19H2,(H,25,29). The van der Waals surface area contributed by atoms with Gasteiger partial charge in [-0.15, -0.1) is 0 Å². The van der Waals surface area contributed by atoms with Crippen molar-refractivity contribution in [2.45, 2.75) is 44.2 Å². The summed E-state index contributed by atoms with van der Waals surface area (Å²) >= 11 is 0. The molecule has 1 unspecified atom stereocenters. The lowest BCUT2D eigenvalue weighted by atomic mass is 9.85. The Morgan fingerprint density at radius 3 is 2.21 bits per heavy atom. The summed E-state index contributed by atoms with van der Waals surface area (Å²) in [6.07, 6.45) is 4.22. The van der Waals surface area contributed by atoms with Crippen LogP contribution in [0.3, 0.4) is 0 Å². The number of nitrogens with zero attached hydrogens (tertiary/aromatic N) is 2. The lowest BCUT2D eigenvalue weighted by Gasteiger charge is -2.44. The lowest BCUT2D eigenvalue weighted by molar-refractivity contribution is -0.145. The van der Waals surface area contributed by atoms with Gasteiger partial charge in [0, 0.05) is 26.2 Å². The number of piperidine rings is 1. The van der Waals surface area contributed by atoms with Crippen molar-refractivity contribution in [3.8, 4) is 0 Å². The van der Waals surface area contributed by atoms with Crippen LogP contribution in [0.2, 0.25) is 0 Å². The molecule has 0 aliphatic carbocycles. The van der Waals surface area contributed by atoms with Crippen molar-refractivity contribution in [1.29, 1.82) is 0 Å². The number of nitrogens with one attached hydrogen (secondary N) is 1. The molecule has 4 rings (SSSR count). The maximum atomic E-state index is 13.5. The second-order valence-electron chi connectivity index (χ2n) is 8.06. The second-order valence-corrected chi connectivity index (χ2v) is 8.06. The molecular weight excluding hydrogens is 362 g/mol. The quantitative estimate of drug-likeness (QED) is 0.847. The van der Waals surface area contributed by atoms with Crippen molar-refractivity contribution in [2.24, 2.45) is 0 Å². The predicted octanol–water partition coefficient (Wildman–Crippen LogP) is 3.60. The van der Waals surface area contributed by atoms with Crippen LogP contribution in [0.1, 0.15) is 36.8 Å². The highest BCUT2D eigenvalue weighted by Gasteiger charge is 2.52. The van der Waals surface area contributed by atoms with E-state index in [4.69, 9.17) is 0 Å². The van der Waals surface area contributed by atoms with E-state index in [0.717, 1.165) is 44.2 Å². The Hall–Kier alpha value is -2.82. The molecule has 0 bridgehead atoms. The molecule has 2 aliphatic rings. The topological polar surface area (TPSA) is 52.7 Å². The molecule has 2 aliphatic heterocycles. The highest BCUT2D eigenvalue weighted by atomic mass is 16.2. The summed E-state index contributed by atoms with van der Waals surface area (Å²) in [6, 6.07) is 20.0. The molecule has 29 heavy (non-hydrogen) atoms. The van der Waals surface area contributed by atoms with Crippen LogP contribution in [-0.4, -0.2) is 46.9 Å². The number of likely N-dealkylation sites (tertiary alicyclic amines) is 2. The van der Waals surface area contributed by atoms with Gasteiger partial charge in [-0.2, -0.15) is 0 Å². The zero-order valence-corrected chi connectivity index (χ0v) is 16.8. The third-order valence-corrected chi connectivity index (χ3v) is 6.24. The summed E-state index contributed by atoms with van der Waals surface area (Å²) in [5.41, 5.74) is 1.65. The van der Waals surface area contributed by atoms with Crippen LogP contribution in [-0.2, 0) is 17.8 Å². The Labute approximate surface area is 172 Å². The van der Waals surface area contributed by atoms with Gasteiger partial charge in [0.05, 0.1) is 0 Å². The molecule has 152 valence electrons. The summed E-state index contributed by atoms with van der Waals surface area (Å²) in [5.74, 6) is 0.132. The van der Waals surface area contributed by atoms with Crippen LogP contribution in [0.4, 0.5) is 4.79 Å². The van der Waals surface area contributed by atoms with Crippen LogP contribution in [0.5, 0.6) is 0 Å². The average Bonchev–Trinajstić information content (AvgIpc) is 3.19. The van der Waals surface area contributed by atoms with E-state index in [1.807, 2.05) is 58.3 Å². The van der Waals surface area contributed by atoms with Gasteiger partial charge < -0.3 is 15.1 Å². The van der Waals surface area contributed by atoms with E-state index >= 15 is 0 Å². The van der Waals surface area contributed by atoms with Crippen molar-refractivity contribution >= 4 is 11.9 Å². The van der Waals surface area contributed by atoms with Gasteiger partial charge in [0.1, 0.15) is 5.54 Å². The lowest BCUT2D eigenvalue weighted by Crippen LogP contribution is -2.62. The molecule has 2 aromatic carbocycles. The summed E-state index contributed by atoms with van der Waals surface area (Å²) in [4.78, 5) is 30.2. The first-order valence-electron chi connectivity index (χ1n) is 10.6. The molecule has 3 amide bonds. The maximum Gasteiger partial charge on any atom is 0.318 e. The average molecular weight is 392 g/mol. The van der Waals surface area contributed by atoms with Crippen LogP contribution < -0.4 is 5.32 Å². The Bertz CT molecular complexity index is 840. The summed E-state index contributed by atoms with van der Waals surface area (Å²) in [6.45, 7) is 2.63. The Kier molecular flexibility index (Phi) is 5.84. The van der Waals surface area contributed by atoms with E-state index in [-0.39, 0.29) is 11.9 Å². The molecule has 2 aromatic rings. The number of rotatable bonds is 5. The second kappa shape index (κ2) is 8.68. The van der Waals surface area contributed by atoms with Crippen LogP contribution in [0.15, 0.2) is 60.7 Å². The first-order valence-corrected chi connectivity index (χ1v) is 10.6. The van der Waals surface area contributed by atoms with Crippen LogP contribution in [0, 0.1) is 0 Å². The number of hydrogen-bond acceptors (Lipinski definition) is 2. The number of amides is 3. The molecule has 1 N–H and O–H groups in total. The van der Waals surface area contributed by atoms with Crippen molar-refractivity contribution in [3.05, 3.63) is 71.8 Å². The van der Waals surface area contributed by atoms with Crippen LogP contribution in [0.25, 0.3) is 0 Å². The van der Waals surface area contributed by atoms with Crippen molar-refractivity contribution < 1.29 is 9.59 Å². The van der Waals surface area contributed by atoms with E-state index in [1.165, 1.54) is 5.56 Å². The highest BCUT2D eigenvalue weighted by molar-refractivity contribution is 5.92. The van der Waals surface area contributed by atoms with Crippen molar-refractivity contribution in [2.75, 3.05) is 19.6 Å². The van der Waals surface area contributed by atoms with Gasteiger partial charge in [-0.1, -0.05) is 60.7 Å². The van der Waals surface area contributed by atoms with Crippen molar-refractivity contribution in [1.82, 2.24) is 15.1 Å². The van der Waals surface area contributed by atoms with Gasteiger partial charge in [0.15, 0.2) is 0 Å². The number of hydrogen-bond donors (Lipinski definition) is 1. The fraction of sp³-hybridized carbons (Fsp3) is 0.417. The molecule has 5 nitrogen and oxygen atoms in total. The molecular formula is C24H29N3O2. The molecule has 5 heteroatoms. The largest absolute Gasteiger partial charge is 0.340 e. The first kappa shape index (κ1) is 19.5. The Balaban J connectivity index is 1.42. The van der Waals surface area contributed by atoms with Gasteiger partial charge >= 0.3 is 6.03 Å². The van der Waals surface area contributed by atoms with Gasteiger partial charge in [0.2, 0.25) is 5.91 Å². The van der Waals surface area contributed by atoms with Gasteiger partial charge in [-0.25, -0.2) is 4.79 Å². The fourth-order valence-corrected chi connectivity index (χ4v) is 4.71. The minimum Gasteiger partial charge on any atom is -0.340 e. The maximum absolute atomic E-state index is 13.5. The number of urea groups is 1. The molecule has 2 fully saturated rings. The summed E-state index contributed by atoms with van der Waals surface area (Å²) in [5, 5.41) is 3.02. The molecule has 2 saturated heterocycles. The molecule has 1 atom stereocenters. The third-order valence-electron chi connectivity index (χ3n) is 6.24. The Morgan fingerprint density at radius 1 is 0.897 bits per heavy atom. The molecule has 0 aromatic heterocycles. The number of benzene rings is 2. The van der Waals surface area contributed by atoms with E-state index in [2.05, 4.69) is 17.4 Å². The highest BCUT2D eigenvalue weighted by Crippen LogP contribution is 2.38. The summed E-state index contributed by atoms with van der Waals surface area (Å²) in [7, 11) is 0. The van der Waals surface area contributed by atoms with Gasteiger partial charge in [0.25, 0.3) is 0 Å². The zero-order valence-electron chi connectivity index (χ0n) is 16.8. The molecule has 1 spiro atoms. The van der Waals surface area contributed by atoms with Gasteiger partial charge in [-0.3, -0.25) is 4.79 Å². The zero-order chi connectivity index (χ0) is 20.1. The van der Waals surface area contributed by atoms with Gasteiger partial charge in [-0.05, 0) is 43.2 Å². The predicted molar refractivity (Wildman–Crippen MR) is 113 cm³/mol. The summed E-state index contributed by atoms with van der Waals surface area (Å²) < 4.78 is 0. The van der Waals surface area contributed by atoms with Crippen molar-refractivity contribution in [3.63, 3.8) is 0 Å². The van der Waals surface area contributed by atoms with Crippen LogP contribution >= 0.6 is 0 Å². The molecule has 2 heterocycles. The van der Waals surface area contributed by atoms with E-state index in [0.29, 0.717) is 19.6 Å².